The molecule has 5 heteroatoms. The van der Waals surface area contributed by atoms with E-state index >= 15 is 0 Å². The smallest absolute Gasteiger partial charge is 0.267 e. The van der Waals surface area contributed by atoms with Gasteiger partial charge in [0.15, 0.2) is 5.13 Å². The number of rotatable bonds is 3. The van der Waals surface area contributed by atoms with Gasteiger partial charge in [-0.15, -0.1) is 22.7 Å². The van der Waals surface area contributed by atoms with Crippen LogP contribution in [0.5, 0.6) is 0 Å². The zero-order valence-electron chi connectivity index (χ0n) is 9.87. The number of carbonyl (C=O) groups is 1. The van der Waals surface area contributed by atoms with Gasteiger partial charge in [-0.3, -0.25) is 10.1 Å². The number of hydrogen-bond acceptors (Lipinski definition) is 4. The number of hydrogen-bond donors (Lipinski definition) is 1. The molecule has 0 atom stereocenters. The van der Waals surface area contributed by atoms with E-state index in [4.69, 9.17) is 0 Å². The third-order valence-corrected chi connectivity index (χ3v) is 4.17. The molecule has 0 bridgehead atoms. The SMILES string of the molecule is O=C(Nc1nc(-c2ccccc2)cs1)c1cccs1. The Kier molecular flexibility index (Phi) is 3.39. The highest BCUT2D eigenvalue weighted by Gasteiger charge is 2.10. The molecule has 1 N–H and O–H groups in total. The van der Waals surface area contributed by atoms with Crippen molar-refractivity contribution in [3.05, 3.63) is 58.1 Å². The van der Waals surface area contributed by atoms with Crippen molar-refractivity contribution in [2.75, 3.05) is 5.32 Å². The first-order chi connectivity index (χ1) is 9.33. The number of thiophene rings is 1. The zero-order chi connectivity index (χ0) is 13.1. The topological polar surface area (TPSA) is 42.0 Å². The third kappa shape index (κ3) is 2.72. The highest BCUT2D eigenvalue weighted by Crippen LogP contribution is 2.25. The first-order valence-electron chi connectivity index (χ1n) is 5.69. The molecule has 0 saturated carbocycles. The summed E-state index contributed by atoms with van der Waals surface area (Å²) in [6.45, 7) is 0. The van der Waals surface area contributed by atoms with Gasteiger partial charge in [0.05, 0.1) is 10.6 Å². The fourth-order valence-electron chi connectivity index (χ4n) is 1.64. The molecule has 0 spiro atoms. The average molecular weight is 286 g/mol. The van der Waals surface area contributed by atoms with Gasteiger partial charge in [0.1, 0.15) is 0 Å². The molecule has 1 amide bonds. The number of nitrogens with zero attached hydrogens (tertiary/aromatic N) is 1. The number of anilines is 1. The van der Waals surface area contributed by atoms with Crippen LogP contribution in [0.3, 0.4) is 0 Å². The standard InChI is InChI=1S/C14H10N2OS2/c17-13(12-7-4-8-18-12)16-14-15-11(9-19-14)10-5-2-1-3-6-10/h1-9H,(H,15,16,17). The molecular formula is C14H10N2OS2. The molecule has 3 nitrogen and oxygen atoms in total. The first-order valence-corrected chi connectivity index (χ1v) is 7.44. The summed E-state index contributed by atoms with van der Waals surface area (Å²) in [5.74, 6) is -0.107. The van der Waals surface area contributed by atoms with Crippen molar-refractivity contribution >= 4 is 33.7 Å². The summed E-state index contributed by atoms with van der Waals surface area (Å²) in [6, 6.07) is 13.6. The molecule has 3 aromatic rings. The van der Waals surface area contributed by atoms with Gasteiger partial charge in [0.25, 0.3) is 5.91 Å². The number of nitrogens with one attached hydrogen (secondary N) is 1. The van der Waals surface area contributed by atoms with Crippen LogP contribution < -0.4 is 5.32 Å². The normalized spacial score (nSPS) is 10.3. The predicted octanol–water partition coefficient (Wildman–Crippen LogP) is 4.12. The van der Waals surface area contributed by atoms with Crippen LogP contribution in [-0.2, 0) is 0 Å². The number of aromatic nitrogens is 1. The molecule has 0 radical (unpaired) electrons. The maximum Gasteiger partial charge on any atom is 0.267 e. The molecule has 0 aliphatic heterocycles. The third-order valence-electron chi connectivity index (χ3n) is 2.54. The highest BCUT2D eigenvalue weighted by molar-refractivity contribution is 7.14. The summed E-state index contributed by atoms with van der Waals surface area (Å²) in [5.41, 5.74) is 1.93. The Balaban J connectivity index is 1.77. The lowest BCUT2D eigenvalue weighted by Crippen LogP contribution is -2.09. The molecular weight excluding hydrogens is 276 g/mol. The quantitative estimate of drug-likeness (QED) is 0.786. The van der Waals surface area contributed by atoms with Crippen LogP contribution in [0.25, 0.3) is 11.3 Å². The lowest BCUT2D eigenvalue weighted by atomic mass is 10.2. The zero-order valence-corrected chi connectivity index (χ0v) is 11.5. The maximum absolute atomic E-state index is 11.9. The summed E-state index contributed by atoms with van der Waals surface area (Å²) in [6.07, 6.45) is 0. The molecule has 3 rings (SSSR count). The van der Waals surface area contributed by atoms with Gasteiger partial charge in [-0.25, -0.2) is 4.98 Å². The van der Waals surface area contributed by atoms with Crippen molar-refractivity contribution in [1.82, 2.24) is 4.98 Å². The largest absolute Gasteiger partial charge is 0.297 e. The van der Waals surface area contributed by atoms with E-state index in [9.17, 15) is 4.79 Å². The molecule has 2 heterocycles. The fourth-order valence-corrected chi connectivity index (χ4v) is 2.97. The van der Waals surface area contributed by atoms with Crippen molar-refractivity contribution < 1.29 is 4.79 Å². The van der Waals surface area contributed by atoms with E-state index in [1.807, 2.05) is 47.2 Å². The Labute approximate surface area is 118 Å². The van der Waals surface area contributed by atoms with Gasteiger partial charge >= 0.3 is 0 Å². The average Bonchev–Trinajstić information content (AvgIpc) is 3.11. The molecule has 2 aromatic heterocycles. The van der Waals surface area contributed by atoms with Crippen LogP contribution in [0.1, 0.15) is 9.67 Å². The lowest BCUT2D eigenvalue weighted by molar-refractivity contribution is 0.103. The van der Waals surface area contributed by atoms with Crippen molar-refractivity contribution in [2.45, 2.75) is 0 Å². The van der Waals surface area contributed by atoms with Crippen LogP contribution in [0.2, 0.25) is 0 Å². The van der Waals surface area contributed by atoms with E-state index in [0.717, 1.165) is 11.3 Å². The van der Waals surface area contributed by atoms with E-state index in [2.05, 4.69) is 10.3 Å². The van der Waals surface area contributed by atoms with Gasteiger partial charge in [0, 0.05) is 10.9 Å². The van der Waals surface area contributed by atoms with Crippen molar-refractivity contribution in [3.8, 4) is 11.3 Å². The lowest BCUT2D eigenvalue weighted by Gasteiger charge is -1.98. The van der Waals surface area contributed by atoms with Crippen LogP contribution in [-0.4, -0.2) is 10.9 Å². The van der Waals surface area contributed by atoms with Gasteiger partial charge in [0.2, 0.25) is 0 Å². The maximum atomic E-state index is 11.9. The van der Waals surface area contributed by atoms with E-state index in [0.29, 0.717) is 10.0 Å². The van der Waals surface area contributed by atoms with E-state index < -0.39 is 0 Å². The van der Waals surface area contributed by atoms with Crippen LogP contribution >= 0.6 is 22.7 Å². The number of carbonyl (C=O) groups excluding carboxylic acids is 1. The number of amides is 1. The monoisotopic (exact) mass is 286 g/mol. The summed E-state index contributed by atoms with van der Waals surface area (Å²) >= 11 is 2.85. The van der Waals surface area contributed by atoms with Gasteiger partial charge in [-0.1, -0.05) is 36.4 Å². The molecule has 1 aromatic carbocycles. The van der Waals surface area contributed by atoms with Crippen LogP contribution in [0, 0.1) is 0 Å². The molecule has 0 aliphatic rings. The second-order valence-electron chi connectivity index (χ2n) is 3.84. The Morgan fingerprint density at radius 2 is 1.89 bits per heavy atom. The van der Waals surface area contributed by atoms with Gasteiger partial charge in [-0.05, 0) is 11.4 Å². The molecule has 0 unspecified atom stereocenters. The Hall–Kier alpha value is -1.98. The van der Waals surface area contributed by atoms with Crippen molar-refractivity contribution in [1.29, 1.82) is 0 Å². The second-order valence-corrected chi connectivity index (χ2v) is 5.64. The first kappa shape index (κ1) is 12.1. The summed E-state index contributed by atoms with van der Waals surface area (Å²) in [4.78, 5) is 17.0. The molecule has 0 saturated heterocycles. The molecule has 0 fully saturated rings. The number of thiazole rings is 1. The Morgan fingerprint density at radius 3 is 2.63 bits per heavy atom. The molecule has 0 aliphatic carbocycles. The second kappa shape index (κ2) is 5.34. The highest BCUT2D eigenvalue weighted by atomic mass is 32.1. The Bertz CT molecular complexity index is 675. The van der Waals surface area contributed by atoms with Gasteiger partial charge in [-0.2, -0.15) is 0 Å². The fraction of sp³-hybridized carbons (Fsp3) is 0. The van der Waals surface area contributed by atoms with E-state index in [1.165, 1.54) is 22.7 Å². The molecule has 94 valence electrons. The summed E-state index contributed by atoms with van der Waals surface area (Å²) in [7, 11) is 0. The summed E-state index contributed by atoms with van der Waals surface area (Å²) in [5, 5.41) is 7.26. The predicted molar refractivity (Wildman–Crippen MR) is 79.8 cm³/mol. The minimum absolute atomic E-state index is 0.107. The minimum atomic E-state index is -0.107. The van der Waals surface area contributed by atoms with Crippen LogP contribution in [0.15, 0.2) is 53.2 Å². The minimum Gasteiger partial charge on any atom is -0.297 e. The molecule has 19 heavy (non-hydrogen) atoms. The van der Waals surface area contributed by atoms with Crippen LogP contribution in [0.4, 0.5) is 5.13 Å². The van der Waals surface area contributed by atoms with Gasteiger partial charge < -0.3 is 0 Å². The summed E-state index contributed by atoms with van der Waals surface area (Å²) < 4.78 is 0. The van der Waals surface area contributed by atoms with Crippen molar-refractivity contribution in [2.24, 2.45) is 0 Å². The van der Waals surface area contributed by atoms with E-state index in [-0.39, 0.29) is 5.91 Å². The van der Waals surface area contributed by atoms with E-state index in [1.54, 1.807) is 6.07 Å². The number of benzene rings is 1. The van der Waals surface area contributed by atoms with Crippen molar-refractivity contribution in [3.63, 3.8) is 0 Å². The Morgan fingerprint density at radius 1 is 1.05 bits per heavy atom.